The van der Waals surface area contributed by atoms with Gasteiger partial charge >= 0.3 is 0 Å². The van der Waals surface area contributed by atoms with E-state index >= 15 is 0 Å². The first-order chi connectivity index (χ1) is 15.6. The fourth-order valence-electron chi connectivity index (χ4n) is 4.76. The summed E-state index contributed by atoms with van der Waals surface area (Å²) in [5, 5.41) is 5.61. The fourth-order valence-corrected chi connectivity index (χ4v) is 7.67. The van der Waals surface area contributed by atoms with Gasteiger partial charge in [0, 0.05) is 22.7 Å². The van der Waals surface area contributed by atoms with Gasteiger partial charge in [0.1, 0.15) is 0 Å². The Bertz CT molecular complexity index is 1430. The third-order valence-electron chi connectivity index (χ3n) is 6.55. The van der Waals surface area contributed by atoms with Gasteiger partial charge < -0.3 is 4.57 Å². The zero-order chi connectivity index (χ0) is 23.4. The molecule has 0 radical (unpaired) electrons. The van der Waals surface area contributed by atoms with Gasteiger partial charge in [-0.05, 0) is 29.8 Å². The van der Waals surface area contributed by atoms with Crippen molar-refractivity contribution in [1.29, 1.82) is 0 Å². The van der Waals surface area contributed by atoms with E-state index in [2.05, 4.69) is 123 Å². The number of nitrogens with zero attached hydrogens (tertiary/aromatic N) is 2. The Kier molecular flexibility index (Phi) is 5.18. The highest BCUT2D eigenvalue weighted by molar-refractivity contribution is 6.92. The fraction of sp³-hybridized carbons (Fsp3) is 0.207. The third-order valence-corrected chi connectivity index (χ3v) is 10.6. The lowest BCUT2D eigenvalue weighted by Gasteiger charge is -2.25. The number of hydrogen-bond donors (Lipinski definition) is 0. The van der Waals surface area contributed by atoms with Crippen LogP contribution < -0.4 is 10.4 Å². The summed E-state index contributed by atoms with van der Waals surface area (Å²) in [6.07, 6.45) is 1.97. The molecule has 4 heteroatoms. The Morgan fingerprint density at radius 2 is 1.24 bits per heavy atom. The Hall–Kier alpha value is -2.96. The first kappa shape index (κ1) is 21.9. The maximum atomic E-state index is 4.87. The van der Waals surface area contributed by atoms with Crippen molar-refractivity contribution in [2.45, 2.75) is 39.3 Å². The van der Waals surface area contributed by atoms with E-state index in [-0.39, 0.29) is 0 Å². The number of rotatable bonds is 4. The van der Waals surface area contributed by atoms with E-state index in [9.17, 15) is 0 Å². The number of benzene rings is 3. The van der Waals surface area contributed by atoms with E-state index in [1.54, 1.807) is 0 Å². The molecule has 2 heterocycles. The molecule has 3 aromatic carbocycles. The van der Waals surface area contributed by atoms with Crippen molar-refractivity contribution in [1.82, 2.24) is 9.55 Å². The van der Waals surface area contributed by atoms with Gasteiger partial charge in [0.25, 0.3) is 0 Å². The van der Waals surface area contributed by atoms with Crippen molar-refractivity contribution in [2.75, 3.05) is 0 Å². The van der Waals surface area contributed by atoms with Crippen LogP contribution in [-0.4, -0.2) is 25.7 Å². The summed E-state index contributed by atoms with van der Waals surface area (Å²) < 4.78 is 2.38. The monoisotopic (exact) mass is 464 g/mol. The highest BCUT2D eigenvalue weighted by Crippen LogP contribution is 2.32. The number of pyridine rings is 1. The number of para-hydroxylation sites is 2. The van der Waals surface area contributed by atoms with Gasteiger partial charge in [-0.1, -0.05) is 104 Å². The van der Waals surface area contributed by atoms with Gasteiger partial charge in [-0.25, -0.2) is 0 Å². The summed E-state index contributed by atoms with van der Waals surface area (Å²) in [6, 6.07) is 28.9. The number of fused-ring (bicyclic) bond motifs is 3. The SMILES string of the molecule is C[Si](C)(C)c1ccc(-c2cc(-n3c4ccccc4c4ccccc43)ccn2)c([Si](C)(C)C)c1. The molecule has 0 unspecified atom stereocenters. The summed E-state index contributed by atoms with van der Waals surface area (Å²) >= 11 is 0. The molecule has 0 fully saturated rings. The summed E-state index contributed by atoms with van der Waals surface area (Å²) in [5.41, 5.74) is 5.98. The van der Waals surface area contributed by atoms with E-state index in [0.29, 0.717) is 0 Å². The molecule has 33 heavy (non-hydrogen) atoms. The summed E-state index contributed by atoms with van der Waals surface area (Å²) in [6.45, 7) is 14.6. The van der Waals surface area contributed by atoms with E-state index in [0.717, 1.165) is 11.4 Å². The molecule has 5 aromatic rings. The molecular formula is C29H32N2Si2. The van der Waals surface area contributed by atoms with Crippen LogP contribution in [0.15, 0.2) is 85.1 Å². The van der Waals surface area contributed by atoms with E-state index in [1.165, 1.54) is 37.7 Å². The Morgan fingerprint density at radius 1 is 0.636 bits per heavy atom. The first-order valence-corrected chi connectivity index (χ1v) is 18.7. The van der Waals surface area contributed by atoms with Gasteiger partial charge in [-0.3, -0.25) is 4.98 Å². The molecule has 0 aliphatic heterocycles. The van der Waals surface area contributed by atoms with Crippen LogP contribution in [-0.2, 0) is 0 Å². The van der Waals surface area contributed by atoms with Crippen LogP contribution in [0.25, 0.3) is 38.8 Å². The molecule has 0 saturated heterocycles. The lowest BCUT2D eigenvalue weighted by Crippen LogP contribution is -2.45. The van der Waals surface area contributed by atoms with Crippen LogP contribution in [0.2, 0.25) is 39.3 Å². The molecule has 2 nitrogen and oxygen atoms in total. The topological polar surface area (TPSA) is 17.8 Å². The van der Waals surface area contributed by atoms with Crippen LogP contribution >= 0.6 is 0 Å². The Balaban J connectivity index is 1.74. The molecule has 0 atom stereocenters. The molecule has 0 N–H and O–H groups in total. The normalized spacial score (nSPS) is 12.5. The standard InChI is InChI=1S/C29H32N2Si2/c1-32(2,3)22-15-16-25(29(20-22)33(4,5)6)26-19-21(17-18-30-26)31-27-13-9-7-11-23(27)24-12-8-10-14-28(24)31/h7-20H,1-6H3. The minimum atomic E-state index is -1.57. The summed E-state index contributed by atoms with van der Waals surface area (Å²) in [4.78, 5) is 4.87. The summed E-state index contributed by atoms with van der Waals surface area (Å²) in [5.74, 6) is 0. The van der Waals surface area contributed by atoms with Crippen LogP contribution in [0.1, 0.15) is 0 Å². The maximum absolute atomic E-state index is 4.87. The second-order valence-corrected chi connectivity index (χ2v) is 21.1. The quantitative estimate of drug-likeness (QED) is 0.264. The second-order valence-electron chi connectivity index (χ2n) is 11.0. The third kappa shape index (κ3) is 3.87. The maximum Gasteiger partial charge on any atom is 0.0784 e. The average Bonchev–Trinajstić information content (AvgIpc) is 3.12. The zero-order valence-corrected chi connectivity index (χ0v) is 22.5. The minimum absolute atomic E-state index is 1.06. The van der Waals surface area contributed by atoms with Crippen molar-refractivity contribution in [3.8, 4) is 16.9 Å². The van der Waals surface area contributed by atoms with Gasteiger partial charge in [0.2, 0.25) is 0 Å². The predicted octanol–water partition coefficient (Wildman–Crippen LogP) is 6.94. The van der Waals surface area contributed by atoms with Gasteiger partial charge in [0.05, 0.1) is 32.9 Å². The lowest BCUT2D eigenvalue weighted by molar-refractivity contribution is 1.16. The van der Waals surface area contributed by atoms with E-state index in [4.69, 9.17) is 4.98 Å². The molecule has 0 aliphatic rings. The minimum Gasteiger partial charge on any atom is -0.309 e. The van der Waals surface area contributed by atoms with Crippen LogP contribution in [0.5, 0.6) is 0 Å². The molecule has 0 aliphatic carbocycles. The zero-order valence-electron chi connectivity index (χ0n) is 20.5. The van der Waals surface area contributed by atoms with Gasteiger partial charge in [0.15, 0.2) is 0 Å². The molecule has 0 amide bonds. The van der Waals surface area contributed by atoms with Crippen molar-refractivity contribution >= 4 is 48.3 Å². The molecule has 0 saturated carbocycles. The van der Waals surface area contributed by atoms with Gasteiger partial charge in [-0.2, -0.15) is 0 Å². The van der Waals surface area contributed by atoms with E-state index in [1.807, 2.05) is 6.20 Å². The first-order valence-electron chi connectivity index (χ1n) is 11.7. The predicted molar refractivity (Wildman–Crippen MR) is 150 cm³/mol. The molecule has 0 spiro atoms. The van der Waals surface area contributed by atoms with Crippen LogP contribution in [0.3, 0.4) is 0 Å². The Morgan fingerprint density at radius 3 is 1.82 bits per heavy atom. The average molecular weight is 465 g/mol. The number of hydrogen-bond acceptors (Lipinski definition) is 1. The highest BCUT2D eigenvalue weighted by Gasteiger charge is 2.25. The van der Waals surface area contributed by atoms with Crippen LogP contribution in [0.4, 0.5) is 0 Å². The smallest absolute Gasteiger partial charge is 0.0784 e. The van der Waals surface area contributed by atoms with Crippen molar-refractivity contribution in [3.05, 3.63) is 85.1 Å². The number of aromatic nitrogens is 2. The second kappa shape index (κ2) is 7.82. The van der Waals surface area contributed by atoms with Crippen molar-refractivity contribution < 1.29 is 0 Å². The molecule has 0 bridgehead atoms. The summed E-state index contributed by atoms with van der Waals surface area (Å²) in [7, 11) is -2.95. The van der Waals surface area contributed by atoms with Gasteiger partial charge in [-0.15, -0.1) is 0 Å². The molecular weight excluding hydrogens is 433 g/mol. The lowest BCUT2D eigenvalue weighted by atomic mass is 10.1. The molecule has 166 valence electrons. The Labute approximate surface area is 198 Å². The van der Waals surface area contributed by atoms with Crippen LogP contribution in [0, 0.1) is 0 Å². The largest absolute Gasteiger partial charge is 0.309 e. The highest BCUT2D eigenvalue weighted by atomic mass is 28.3. The molecule has 2 aromatic heterocycles. The van der Waals surface area contributed by atoms with Crippen molar-refractivity contribution in [2.24, 2.45) is 0 Å². The molecule has 5 rings (SSSR count). The van der Waals surface area contributed by atoms with Crippen molar-refractivity contribution in [3.63, 3.8) is 0 Å². The van der Waals surface area contributed by atoms with E-state index < -0.39 is 16.1 Å².